The molecule has 1 aromatic rings. The number of carbonyl (C=O) groups excluding carboxylic acids is 2. The van der Waals surface area contributed by atoms with Gasteiger partial charge in [0, 0.05) is 30.5 Å². The maximum Gasteiger partial charge on any atom is 0.321 e. The molecule has 6 nitrogen and oxygen atoms in total. The molecule has 0 aromatic heterocycles. The van der Waals surface area contributed by atoms with E-state index in [9.17, 15) is 9.59 Å². The first-order valence-corrected chi connectivity index (χ1v) is 7.36. The molecule has 1 aliphatic heterocycles. The molecule has 112 valence electrons. The third-order valence-corrected chi connectivity index (χ3v) is 3.96. The van der Waals surface area contributed by atoms with Crippen molar-refractivity contribution in [1.29, 1.82) is 0 Å². The second-order valence-electron chi connectivity index (χ2n) is 5.66. The first kappa shape index (κ1) is 13.7. The standard InChI is InChI=1S/C15H20N4O2/c1-10(11-5-6-11)17-14(20)18-12-3-2-4-13(9-12)19-8-7-16-15(19)21/h2-4,9-11H,5-8H2,1H3,(H,16,21)(H2,17,18,20). The molecule has 0 spiro atoms. The van der Waals surface area contributed by atoms with Crippen LogP contribution in [0, 0.1) is 5.92 Å². The van der Waals surface area contributed by atoms with Crippen LogP contribution in [0.25, 0.3) is 0 Å². The van der Waals surface area contributed by atoms with Gasteiger partial charge in [-0.2, -0.15) is 0 Å². The summed E-state index contributed by atoms with van der Waals surface area (Å²) < 4.78 is 0. The quantitative estimate of drug-likeness (QED) is 0.794. The van der Waals surface area contributed by atoms with E-state index in [2.05, 4.69) is 16.0 Å². The van der Waals surface area contributed by atoms with Crippen LogP contribution in [0.3, 0.4) is 0 Å². The number of amides is 4. The molecule has 0 bridgehead atoms. The summed E-state index contributed by atoms with van der Waals surface area (Å²) in [5.41, 5.74) is 1.48. The van der Waals surface area contributed by atoms with Gasteiger partial charge in [-0.15, -0.1) is 0 Å². The predicted molar refractivity (Wildman–Crippen MR) is 81.5 cm³/mol. The molecule has 1 saturated carbocycles. The highest BCUT2D eigenvalue weighted by molar-refractivity contribution is 5.95. The maximum atomic E-state index is 11.9. The molecule has 1 aromatic carbocycles. The Bertz CT molecular complexity index is 556. The van der Waals surface area contributed by atoms with E-state index < -0.39 is 0 Å². The fourth-order valence-electron chi connectivity index (χ4n) is 2.56. The minimum absolute atomic E-state index is 0.0982. The molecule has 3 N–H and O–H groups in total. The van der Waals surface area contributed by atoms with Crippen LogP contribution in [0.1, 0.15) is 19.8 Å². The molecule has 3 rings (SSSR count). The molecule has 21 heavy (non-hydrogen) atoms. The zero-order valence-corrected chi connectivity index (χ0v) is 12.1. The molecule has 1 heterocycles. The molecule has 0 radical (unpaired) electrons. The van der Waals surface area contributed by atoms with Crippen molar-refractivity contribution in [3.8, 4) is 0 Å². The van der Waals surface area contributed by atoms with E-state index in [1.54, 1.807) is 4.90 Å². The average molecular weight is 288 g/mol. The van der Waals surface area contributed by atoms with Crippen LogP contribution in [0.5, 0.6) is 0 Å². The second kappa shape index (κ2) is 5.63. The Balaban J connectivity index is 1.62. The van der Waals surface area contributed by atoms with Crippen molar-refractivity contribution in [2.75, 3.05) is 23.3 Å². The molecule has 1 unspecified atom stereocenters. The summed E-state index contributed by atoms with van der Waals surface area (Å²) >= 11 is 0. The minimum Gasteiger partial charge on any atom is -0.336 e. The Morgan fingerprint density at radius 3 is 2.90 bits per heavy atom. The highest BCUT2D eigenvalue weighted by Crippen LogP contribution is 2.32. The number of hydrogen-bond acceptors (Lipinski definition) is 2. The summed E-state index contributed by atoms with van der Waals surface area (Å²) in [5, 5.41) is 8.53. The average Bonchev–Trinajstić information content (AvgIpc) is 3.21. The third kappa shape index (κ3) is 3.26. The van der Waals surface area contributed by atoms with Crippen molar-refractivity contribution in [2.24, 2.45) is 5.92 Å². The molecule has 6 heteroatoms. The summed E-state index contributed by atoms with van der Waals surface area (Å²) in [6, 6.07) is 7.24. The number of nitrogens with one attached hydrogen (secondary N) is 3. The Hall–Kier alpha value is -2.24. The lowest BCUT2D eigenvalue weighted by atomic mass is 10.2. The summed E-state index contributed by atoms with van der Waals surface area (Å²) in [7, 11) is 0. The summed E-state index contributed by atoms with van der Waals surface area (Å²) in [6.07, 6.45) is 2.39. The van der Waals surface area contributed by atoms with Crippen molar-refractivity contribution in [1.82, 2.24) is 10.6 Å². The van der Waals surface area contributed by atoms with Crippen LogP contribution in [-0.4, -0.2) is 31.2 Å². The summed E-state index contributed by atoms with van der Waals surface area (Å²) in [5.74, 6) is 0.621. The van der Waals surface area contributed by atoms with Gasteiger partial charge in [-0.05, 0) is 43.9 Å². The number of rotatable bonds is 4. The summed E-state index contributed by atoms with van der Waals surface area (Å²) in [6.45, 7) is 3.32. The first-order chi connectivity index (χ1) is 10.1. The zero-order chi connectivity index (χ0) is 14.8. The smallest absolute Gasteiger partial charge is 0.321 e. The van der Waals surface area contributed by atoms with Crippen LogP contribution in [0.4, 0.5) is 21.0 Å². The van der Waals surface area contributed by atoms with Gasteiger partial charge < -0.3 is 16.0 Å². The molecule has 2 fully saturated rings. The van der Waals surface area contributed by atoms with E-state index in [4.69, 9.17) is 0 Å². The molecular formula is C15H20N4O2. The minimum atomic E-state index is -0.197. The lowest BCUT2D eigenvalue weighted by Gasteiger charge is -2.17. The molecular weight excluding hydrogens is 268 g/mol. The van der Waals surface area contributed by atoms with E-state index >= 15 is 0 Å². The Kier molecular flexibility index (Phi) is 3.68. The second-order valence-corrected chi connectivity index (χ2v) is 5.66. The fraction of sp³-hybridized carbons (Fsp3) is 0.467. The molecule has 1 aliphatic carbocycles. The third-order valence-electron chi connectivity index (χ3n) is 3.96. The van der Waals surface area contributed by atoms with Gasteiger partial charge in [0.1, 0.15) is 0 Å². The molecule has 2 aliphatic rings. The van der Waals surface area contributed by atoms with Crippen LogP contribution >= 0.6 is 0 Å². The Morgan fingerprint density at radius 2 is 2.24 bits per heavy atom. The lowest BCUT2D eigenvalue weighted by Crippen LogP contribution is -2.37. The van der Waals surface area contributed by atoms with Gasteiger partial charge in [-0.1, -0.05) is 6.07 Å². The first-order valence-electron chi connectivity index (χ1n) is 7.36. The van der Waals surface area contributed by atoms with Crippen LogP contribution in [0.15, 0.2) is 24.3 Å². The van der Waals surface area contributed by atoms with Gasteiger partial charge in [0.15, 0.2) is 0 Å². The van der Waals surface area contributed by atoms with E-state index in [0.29, 0.717) is 24.7 Å². The fourth-order valence-corrected chi connectivity index (χ4v) is 2.56. The SMILES string of the molecule is CC(NC(=O)Nc1cccc(N2CCNC2=O)c1)C1CC1. The Morgan fingerprint density at radius 1 is 1.43 bits per heavy atom. The number of anilines is 2. The lowest BCUT2D eigenvalue weighted by molar-refractivity contribution is 0.248. The number of carbonyl (C=O) groups is 2. The van der Waals surface area contributed by atoms with Gasteiger partial charge in [-0.25, -0.2) is 9.59 Å². The predicted octanol–water partition coefficient (Wildman–Crippen LogP) is 2.14. The highest BCUT2D eigenvalue weighted by Gasteiger charge is 2.29. The van der Waals surface area contributed by atoms with E-state index in [0.717, 1.165) is 5.69 Å². The number of urea groups is 2. The topological polar surface area (TPSA) is 73.5 Å². The largest absolute Gasteiger partial charge is 0.336 e. The molecule has 1 saturated heterocycles. The summed E-state index contributed by atoms with van der Waals surface area (Å²) in [4.78, 5) is 25.3. The van der Waals surface area contributed by atoms with Gasteiger partial charge in [0.25, 0.3) is 0 Å². The van der Waals surface area contributed by atoms with E-state index in [1.807, 2.05) is 31.2 Å². The van der Waals surface area contributed by atoms with Crippen molar-refractivity contribution in [3.63, 3.8) is 0 Å². The van der Waals surface area contributed by atoms with Crippen LogP contribution in [0.2, 0.25) is 0 Å². The van der Waals surface area contributed by atoms with E-state index in [-0.39, 0.29) is 18.1 Å². The molecule has 4 amide bonds. The number of benzene rings is 1. The number of nitrogens with zero attached hydrogens (tertiary/aromatic N) is 1. The van der Waals surface area contributed by atoms with Gasteiger partial charge in [-0.3, -0.25) is 4.90 Å². The maximum absolute atomic E-state index is 11.9. The van der Waals surface area contributed by atoms with Crippen LogP contribution in [-0.2, 0) is 0 Å². The van der Waals surface area contributed by atoms with Crippen LogP contribution < -0.4 is 20.9 Å². The van der Waals surface area contributed by atoms with Crippen molar-refractivity contribution in [2.45, 2.75) is 25.8 Å². The van der Waals surface area contributed by atoms with Gasteiger partial charge in [0.05, 0.1) is 0 Å². The number of hydrogen-bond donors (Lipinski definition) is 3. The monoisotopic (exact) mass is 288 g/mol. The normalized spacial score (nSPS) is 19.1. The van der Waals surface area contributed by atoms with Gasteiger partial charge >= 0.3 is 12.1 Å². The van der Waals surface area contributed by atoms with Crippen molar-refractivity contribution < 1.29 is 9.59 Å². The van der Waals surface area contributed by atoms with Gasteiger partial charge in [0.2, 0.25) is 0 Å². The highest BCUT2D eigenvalue weighted by atomic mass is 16.2. The van der Waals surface area contributed by atoms with Crippen molar-refractivity contribution in [3.05, 3.63) is 24.3 Å². The molecule has 1 atom stereocenters. The Labute approximate surface area is 123 Å². The van der Waals surface area contributed by atoms with Crippen molar-refractivity contribution >= 4 is 23.4 Å². The zero-order valence-electron chi connectivity index (χ0n) is 12.1. The van der Waals surface area contributed by atoms with E-state index in [1.165, 1.54) is 12.8 Å².